The average Bonchev–Trinajstić information content (AvgIpc) is 2.94. The Morgan fingerprint density at radius 2 is 2.12 bits per heavy atom. The zero-order valence-corrected chi connectivity index (χ0v) is 14.0. The lowest BCUT2D eigenvalue weighted by atomic mass is 10.0. The molecule has 0 aliphatic rings. The number of pyridine rings is 1. The Bertz CT molecular complexity index is 913. The highest BCUT2D eigenvalue weighted by atomic mass is 19.1. The van der Waals surface area contributed by atoms with Gasteiger partial charge in [0.1, 0.15) is 11.6 Å². The Hall–Kier alpha value is -2.47. The Morgan fingerprint density at radius 3 is 2.79 bits per heavy atom. The van der Waals surface area contributed by atoms with Crippen molar-refractivity contribution < 1.29 is 4.39 Å². The zero-order chi connectivity index (χ0) is 17.3. The molecule has 0 saturated heterocycles. The van der Waals surface area contributed by atoms with Crippen LogP contribution in [0, 0.1) is 11.7 Å². The van der Waals surface area contributed by atoms with Crippen molar-refractivity contribution in [3.05, 3.63) is 64.2 Å². The number of aromatic nitrogens is 3. The predicted molar refractivity (Wildman–Crippen MR) is 92.2 cm³/mol. The van der Waals surface area contributed by atoms with Gasteiger partial charge in [-0.15, -0.1) is 0 Å². The summed E-state index contributed by atoms with van der Waals surface area (Å²) in [6, 6.07) is 5.78. The Kier molecular flexibility index (Phi) is 4.49. The first-order chi connectivity index (χ1) is 11.5. The number of hydrogen-bond donors (Lipinski definition) is 2. The van der Waals surface area contributed by atoms with Crippen LogP contribution in [0.3, 0.4) is 0 Å². The van der Waals surface area contributed by atoms with Crippen molar-refractivity contribution >= 4 is 10.9 Å². The maximum absolute atomic E-state index is 13.3. The highest BCUT2D eigenvalue weighted by molar-refractivity contribution is 5.78. The number of imidazole rings is 1. The number of benzene rings is 1. The lowest BCUT2D eigenvalue weighted by Gasteiger charge is -2.22. The van der Waals surface area contributed by atoms with Crippen LogP contribution in [0.15, 0.2) is 41.5 Å². The van der Waals surface area contributed by atoms with Gasteiger partial charge in [-0.05, 0) is 24.1 Å². The van der Waals surface area contributed by atoms with Gasteiger partial charge in [0.15, 0.2) is 5.43 Å². The normalized spacial score (nSPS) is 12.9. The lowest BCUT2D eigenvalue weighted by Crippen LogP contribution is -2.28. The molecule has 24 heavy (non-hydrogen) atoms. The molecule has 0 amide bonds. The van der Waals surface area contributed by atoms with E-state index in [1.54, 1.807) is 12.3 Å². The molecular formula is C18H21FN4O. The van der Waals surface area contributed by atoms with E-state index in [0.29, 0.717) is 23.4 Å². The molecule has 126 valence electrons. The quantitative estimate of drug-likeness (QED) is 0.757. The summed E-state index contributed by atoms with van der Waals surface area (Å²) in [7, 11) is 1.96. The topological polar surface area (TPSA) is 62.7 Å². The van der Waals surface area contributed by atoms with E-state index < -0.39 is 5.82 Å². The van der Waals surface area contributed by atoms with Crippen LogP contribution in [0.5, 0.6) is 0 Å². The summed E-state index contributed by atoms with van der Waals surface area (Å²) in [6.07, 6.45) is 3.69. The van der Waals surface area contributed by atoms with Crippen molar-refractivity contribution in [2.24, 2.45) is 13.0 Å². The van der Waals surface area contributed by atoms with Crippen LogP contribution in [0.4, 0.5) is 4.39 Å². The summed E-state index contributed by atoms with van der Waals surface area (Å²) in [4.78, 5) is 19.8. The molecule has 0 saturated carbocycles. The van der Waals surface area contributed by atoms with Gasteiger partial charge in [0.05, 0.1) is 6.04 Å². The second-order valence-electron chi connectivity index (χ2n) is 6.35. The van der Waals surface area contributed by atoms with Crippen molar-refractivity contribution in [2.45, 2.75) is 26.4 Å². The molecule has 0 spiro atoms. The Labute approximate surface area is 139 Å². The highest BCUT2D eigenvalue weighted by Crippen LogP contribution is 2.20. The number of halogens is 1. The highest BCUT2D eigenvalue weighted by Gasteiger charge is 2.19. The van der Waals surface area contributed by atoms with E-state index >= 15 is 0 Å². The minimum atomic E-state index is -0.409. The molecule has 0 aliphatic heterocycles. The number of nitrogens with one attached hydrogen (secondary N) is 2. The summed E-state index contributed by atoms with van der Waals surface area (Å²) in [6.45, 7) is 4.74. The summed E-state index contributed by atoms with van der Waals surface area (Å²) in [5.41, 5.74) is 1.22. The standard InChI is InChI=1S/C18H21FN4O/c1-11(2)17(18-20-6-7-23(18)3)21-10-13-9-16(24)14-8-12(19)4-5-15(14)22-13/h4-9,11,17,21H,10H2,1-3H3,(H,22,24). The minimum Gasteiger partial charge on any atom is -0.357 e. The first-order valence-corrected chi connectivity index (χ1v) is 7.98. The van der Waals surface area contributed by atoms with Gasteiger partial charge in [-0.3, -0.25) is 4.79 Å². The Morgan fingerprint density at radius 1 is 1.33 bits per heavy atom. The van der Waals surface area contributed by atoms with E-state index in [1.165, 1.54) is 18.2 Å². The molecule has 0 aliphatic carbocycles. The van der Waals surface area contributed by atoms with Gasteiger partial charge in [-0.1, -0.05) is 13.8 Å². The largest absolute Gasteiger partial charge is 0.357 e. The molecule has 0 radical (unpaired) electrons. The van der Waals surface area contributed by atoms with E-state index in [2.05, 4.69) is 29.1 Å². The van der Waals surface area contributed by atoms with E-state index in [1.807, 2.05) is 17.8 Å². The van der Waals surface area contributed by atoms with Gasteiger partial charge in [0.2, 0.25) is 0 Å². The number of rotatable bonds is 5. The van der Waals surface area contributed by atoms with E-state index in [4.69, 9.17) is 0 Å². The molecule has 0 fully saturated rings. The SMILES string of the molecule is CC(C)C(NCc1cc(=O)c2cc(F)ccc2[nH]1)c1nccn1C. The number of hydrogen-bond acceptors (Lipinski definition) is 3. The van der Waals surface area contributed by atoms with Crippen molar-refractivity contribution in [3.8, 4) is 0 Å². The lowest BCUT2D eigenvalue weighted by molar-refractivity contribution is 0.383. The van der Waals surface area contributed by atoms with Crippen molar-refractivity contribution in [1.29, 1.82) is 0 Å². The van der Waals surface area contributed by atoms with Crippen LogP contribution in [-0.4, -0.2) is 14.5 Å². The molecule has 1 aromatic carbocycles. The molecule has 3 rings (SSSR count). The molecular weight excluding hydrogens is 307 g/mol. The summed E-state index contributed by atoms with van der Waals surface area (Å²) >= 11 is 0. The zero-order valence-electron chi connectivity index (χ0n) is 14.0. The molecule has 1 atom stereocenters. The number of fused-ring (bicyclic) bond motifs is 1. The number of aryl methyl sites for hydroxylation is 1. The van der Waals surface area contributed by atoms with E-state index in [9.17, 15) is 9.18 Å². The number of aromatic amines is 1. The maximum Gasteiger partial charge on any atom is 0.189 e. The first-order valence-electron chi connectivity index (χ1n) is 7.98. The fourth-order valence-electron chi connectivity index (χ4n) is 2.89. The average molecular weight is 328 g/mol. The van der Waals surface area contributed by atoms with Crippen molar-refractivity contribution in [1.82, 2.24) is 19.9 Å². The van der Waals surface area contributed by atoms with Crippen LogP contribution >= 0.6 is 0 Å². The van der Waals surface area contributed by atoms with Gasteiger partial charge in [-0.25, -0.2) is 9.37 Å². The van der Waals surface area contributed by atoms with E-state index in [0.717, 1.165) is 11.5 Å². The third kappa shape index (κ3) is 3.23. The predicted octanol–water partition coefficient (Wildman–Crippen LogP) is 2.89. The Balaban J connectivity index is 1.85. The minimum absolute atomic E-state index is 0.0671. The number of H-pyrrole nitrogens is 1. The second kappa shape index (κ2) is 6.57. The third-order valence-corrected chi connectivity index (χ3v) is 4.16. The maximum atomic E-state index is 13.3. The smallest absolute Gasteiger partial charge is 0.189 e. The second-order valence-corrected chi connectivity index (χ2v) is 6.35. The van der Waals surface area contributed by atoms with Gasteiger partial charge >= 0.3 is 0 Å². The van der Waals surface area contributed by atoms with Crippen LogP contribution in [0.25, 0.3) is 10.9 Å². The van der Waals surface area contributed by atoms with Crippen LogP contribution in [0.2, 0.25) is 0 Å². The molecule has 5 nitrogen and oxygen atoms in total. The van der Waals surface area contributed by atoms with Crippen LogP contribution in [0.1, 0.15) is 31.4 Å². The van der Waals surface area contributed by atoms with Crippen molar-refractivity contribution in [3.63, 3.8) is 0 Å². The molecule has 2 aromatic heterocycles. The molecule has 0 bridgehead atoms. The van der Waals surface area contributed by atoms with Crippen LogP contribution < -0.4 is 10.7 Å². The van der Waals surface area contributed by atoms with E-state index in [-0.39, 0.29) is 11.5 Å². The fourth-order valence-corrected chi connectivity index (χ4v) is 2.89. The fraction of sp³-hybridized carbons (Fsp3) is 0.333. The van der Waals surface area contributed by atoms with Gasteiger partial charge in [0, 0.05) is 48.6 Å². The molecule has 1 unspecified atom stereocenters. The summed E-state index contributed by atoms with van der Waals surface area (Å²) < 4.78 is 15.3. The molecule has 2 N–H and O–H groups in total. The van der Waals surface area contributed by atoms with Gasteiger partial charge in [-0.2, -0.15) is 0 Å². The molecule has 3 aromatic rings. The first kappa shape index (κ1) is 16.4. The van der Waals surface area contributed by atoms with Gasteiger partial charge in [0.25, 0.3) is 0 Å². The van der Waals surface area contributed by atoms with Gasteiger partial charge < -0.3 is 14.9 Å². The van der Waals surface area contributed by atoms with Crippen molar-refractivity contribution in [2.75, 3.05) is 0 Å². The number of nitrogens with zero attached hydrogens (tertiary/aromatic N) is 2. The molecule has 2 heterocycles. The van der Waals surface area contributed by atoms with Crippen LogP contribution in [-0.2, 0) is 13.6 Å². The summed E-state index contributed by atoms with van der Waals surface area (Å²) in [5.74, 6) is 0.885. The summed E-state index contributed by atoms with van der Waals surface area (Å²) in [5, 5.41) is 3.82. The third-order valence-electron chi connectivity index (χ3n) is 4.16. The monoisotopic (exact) mass is 328 g/mol. The molecule has 6 heteroatoms.